The van der Waals surface area contributed by atoms with Crippen molar-refractivity contribution in [2.24, 2.45) is 0 Å². The van der Waals surface area contributed by atoms with Crippen molar-refractivity contribution in [3.63, 3.8) is 0 Å². The van der Waals surface area contributed by atoms with Gasteiger partial charge in [0.25, 0.3) is 0 Å². The molecule has 1 unspecified atom stereocenters. The summed E-state index contributed by atoms with van der Waals surface area (Å²) in [5.41, 5.74) is 4.69. The number of hydrogen-bond acceptors (Lipinski definition) is 3. The molecule has 0 fully saturated rings. The van der Waals surface area contributed by atoms with Crippen LogP contribution in [0.2, 0.25) is 0 Å². The normalized spacial score (nSPS) is 12.6. The standard InChI is InChI=1S/C16H24N4/c1-5-7-20-11-14(10-19-20)16(17-6-2)15-13(4)8-12(3)9-18-15/h8-11,16-17H,5-7H2,1-4H3. The van der Waals surface area contributed by atoms with Crippen LogP contribution >= 0.6 is 0 Å². The van der Waals surface area contributed by atoms with Crippen molar-refractivity contribution in [1.82, 2.24) is 20.1 Å². The highest BCUT2D eigenvalue weighted by molar-refractivity contribution is 5.32. The molecule has 0 aliphatic heterocycles. The van der Waals surface area contributed by atoms with Gasteiger partial charge in [0.2, 0.25) is 0 Å². The van der Waals surface area contributed by atoms with E-state index in [1.807, 2.05) is 17.1 Å². The second-order valence-electron chi connectivity index (χ2n) is 5.24. The summed E-state index contributed by atoms with van der Waals surface area (Å²) in [6.45, 7) is 10.3. The molecule has 2 rings (SSSR count). The molecule has 108 valence electrons. The van der Waals surface area contributed by atoms with Gasteiger partial charge < -0.3 is 5.32 Å². The zero-order valence-corrected chi connectivity index (χ0v) is 12.8. The summed E-state index contributed by atoms with van der Waals surface area (Å²) in [4.78, 5) is 4.63. The monoisotopic (exact) mass is 272 g/mol. The molecule has 0 saturated carbocycles. The van der Waals surface area contributed by atoms with Gasteiger partial charge in [-0.3, -0.25) is 9.67 Å². The van der Waals surface area contributed by atoms with Gasteiger partial charge >= 0.3 is 0 Å². The second-order valence-corrected chi connectivity index (χ2v) is 5.24. The molecule has 2 heterocycles. The molecule has 1 N–H and O–H groups in total. The second kappa shape index (κ2) is 6.66. The Bertz CT molecular complexity index is 559. The molecule has 0 aliphatic rings. The molecule has 2 aromatic heterocycles. The minimum atomic E-state index is 0.117. The molecular weight excluding hydrogens is 248 g/mol. The smallest absolute Gasteiger partial charge is 0.0784 e. The third kappa shape index (κ3) is 3.25. The maximum Gasteiger partial charge on any atom is 0.0784 e. The summed E-state index contributed by atoms with van der Waals surface area (Å²) >= 11 is 0. The van der Waals surface area contributed by atoms with Gasteiger partial charge in [-0.2, -0.15) is 5.10 Å². The van der Waals surface area contributed by atoms with E-state index in [0.717, 1.165) is 25.2 Å². The lowest BCUT2D eigenvalue weighted by Crippen LogP contribution is -2.23. The number of nitrogens with zero attached hydrogens (tertiary/aromatic N) is 3. The van der Waals surface area contributed by atoms with Gasteiger partial charge in [0, 0.05) is 24.5 Å². The number of aromatic nitrogens is 3. The Morgan fingerprint density at radius 3 is 2.70 bits per heavy atom. The van der Waals surface area contributed by atoms with Crippen LogP contribution < -0.4 is 5.32 Å². The third-order valence-corrected chi connectivity index (χ3v) is 3.38. The Morgan fingerprint density at radius 2 is 2.05 bits per heavy atom. The molecule has 4 heteroatoms. The summed E-state index contributed by atoms with van der Waals surface area (Å²) < 4.78 is 2.00. The van der Waals surface area contributed by atoms with E-state index < -0.39 is 0 Å². The Morgan fingerprint density at radius 1 is 1.25 bits per heavy atom. The van der Waals surface area contributed by atoms with E-state index in [1.54, 1.807) is 0 Å². The van der Waals surface area contributed by atoms with Gasteiger partial charge in [0.1, 0.15) is 0 Å². The van der Waals surface area contributed by atoms with Gasteiger partial charge in [-0.15, -0.1) is 0 Å². The zero-order chi connectivity index (χ0) is 14.5. The van der Waals surface area contributed by atoms with E-state index in [-0.39, 0.29) is 6.04 Å². The molecule has 0 bridgehead atoms. The van der Waals surface area contributed by atoms with Crippen molar-refractivity contribution in [3.05, 3.63) is 47.0 Å². The van der Waals surface area contributed by atoms with Gasteiger partial charge in [0.15, 0.2) is 0 Å². The van der Waals surface area contributed by atoms with Crippen LogP contribution in [0.25, 0.3) is 0 Å². The number of hydrogen-bond donors (Lipinski definition) is 1. The van der Waals surface area contributed by atoms with Crippen molar-refractivity contribution in [1.29, 1.82) is 0 Å². The van der Waals surface area contributed by atoms with Gasteiger partial charge in [-0.05, 0) is 37.9 Å². The minimum absolute atomic E-state index is 0.117. The Labute approximate surface area is 121 Å². The predicted molar refractivity (Wildman–Crippen MR) is 81.7 cm³/mol. The van der Waals surface area contributed by atoms with Gasteiger partial charge in [-0.1, -0.05) is 19.9 Å². The van der Waals surface area contributed by atoms with Crippen LogP contribution in [0.15, 0.2) is 24.7 Å². The highest BCUT2D eigenvalue weighted by Crippen LogP contribution is 2.23. The Balaban J connectivity index is 2.34. The molecule has 20 heavy (non-hydrogen) atoms. The van der Waals surface area contributed by atoms with Crippen LogP contribution in [-0.2, 0) is 6.54 Å². The van der Waals surface area contributed by atoms with Gasteiger partial charge in [-0.25, -0.2) is 0 Å². The van der Waals surface area contributed by atoms with Crippen molar-refractivity contribution in [2.45, 2.75) is 46.7 Å². The summed E-state index contributed by atoms with van der Waals surface area (Å²) in [5.74, 6) is 0. The molecule has 2 aromatic rings. The lowest BCUT2D eigenvalue weighted by molar-refractivity contribution is 0.593. The van der Waals surface area contributed by atoms with E-state index in [1.165, 1.54) is 16.7 Å². The molecular formula is C16H24N4. The van der Waals surface area contributed by atoms with E-state index >= 15 is 0 Å². The summed E-state index contributed by atoms with van der Waals surface area (Å²) in [6, 6.07) is 2.30. The number of aryl methyl sites for hydroxylation is 3. The van der Waals surface area contributed by atoms with Crippen LogP contribution in [0.4, 0.5) is 0 Å². The lowest BCUT2D eigenvalue weighted by atomic mass is 10.0. The fourth-order valence-electron chi connectivity index (χ4n) is 2.48. The van der Waals surface area contributed by atoms with E-state index in [9.17, 15) is 0 Å². The van der Waals surface area contributed by atoms with E-state index in [0.29, 0.717) is 0 Å². The molecule has 4 nitrogen and oxygen atoms in total. The first-order valence-electron chi connectivity index (χ1n) is 7.34. The lowest BCUT2D eigenvalue weighted by Gasteiger charge is -2.18. The van der Waals surface area contributed by atoms with Crippen LogP contribution in [0.3, 0.4) is 0 Å². The summed E-state index contributed by atoms with van der Waals surface area (Å²) in [7, 11) is 0. The molecule has 0 aliphatic carbocycles. The van der Waals surface area contributed by atoms with Crippen molar-refractivity contribution < 1.29 is 0 Å². The maximum absolute atomic E-state index is 4.63. The van der Waals surface area contributed by atoms with E-state index in [2.05, 4.69) is 55.4 Å². The number of rotatable bonds is 6. The molecule has 0 amide bonds. The van der Waals surface area contributed by atoms with Crippen molar-refractivity contribution >= 4 is 0 Å². The van der Waals surface area contributed by atoms with Crippen LogP contribution in [-0.4, -0.2) is 21.3 Å². The van der Waals surface area contributed by atoms with Crippen LogP contribution in [0.5, 0.6) is 0 Å². The van der Waals surface area contributed by atoms with Gasteiger partial charge in [0.05, 0.1) is 17.9 Å². The largest absolute Gasteiger partial charge is 0.305 e. The van der Waals surface area contributed by atoms with E-state index in [4.69, 9.17) is 0 Å². The molecule has 1 atom stereocenters. The fraction of sp³-hybridized carbons (Fsp3) is 0.500. The third-order valence-electron chi connectivity index (χ3n) is 3.38. The Kier molecular flexibility index (Phi) is 4.90. The summed E-state index contributed by atoms with van der Waals surface area (Å²) in [5, 5.41) is 7.95. The average Bonchev–Trinajstić information content (AvgIpc) is 2.86. The SMILES string of the molecule is CCCn1cc(C(NCC)c2ncc(C)cc2C)cn1. The molecule has 0 aromatic carbocycles. The Hall–Kier alpha value is -1.68. The minimum Gasteiger partial charge on any atom is -0.305 e. The predicted octanol–water partition coefficient (Wildman–Crippen LogP) is 3.00. The van der Waals surface area contributed by atoms with Crippen molar-refractivity contribution in [2.75, 3.05) is 6.54 Å². The summed E-state index contributed by atoms with van der Waals surface area (Å²) in [6.07, 6.45) is 7.10. The molecule has 0 radical (unpaired) electrons. The highest BCUT2D eigenvalue weighted by Gasteiger charge is 2.18. The maximum atomic E-state index is 4.63. The molecule has 0 spiro atoms. The van der Waals surface area contributed by atoms with Crippen molar-refractivity contribution in [3.8, 4) is 0 Å². The first-order chi connectivity index (χ1) is 9.65. The average molecular weight is 272 g/mol. The fourth-order valence-corrected chi connectivity index (χ4v) is 2.48. The highest BCUT2D eigenvalue weighted by atomic mass is 15.3. The zero-order valence-electron chi connectivity index (χ0n) is 12.8. The number of nitrogens with one attached hydrogen (secondary N) is 1. The van der Waals surface area contributed by atoms with Crippen LogP contribution in [0, 0.1) is 13.8 Å². The first-order valence-corrected chi connectivity index (χ1v) is 7.34. The topological polar surface area (TPSA) is 42.7 Å². The quantitative estimate of drug-likeness (QED) is 0.879. The first kappa shape index (κ1) is 14.7. The molecule has 0 saturated heterocycles. The van der Waals surface area contributed by atoms with Crippen LogP contribution in [0.1, 0.15) is 48.7 Å². The number of pyridine rings is 1.